The quantitative estimate of drug-likeness (QED) is 0.671. The highest BCUT2D eigenvalue weighted by Crippen LogP contribution is 2.21. The van der Waals surface area contributed by atoms with Gasteiger partial charge in [0.1, 0.15) is 5.52 Å². The molecule has 1 heterocycles. The van der Waals surface area contributed by atoms with Crippen LogP contribution in [0.15, 0.2) is 53.4 Å². The molecule has 4 heteroatoms. The first-order valence-corrected chi connectivity index (χ1v) is 6.79. The summed E-state index contributed by atoms with van der Waals surface area (Å²) in [5, 5.41) is 8.32. The lowest BCUT2D eigenvalue weighted by Gasteiger charge is -2.03. The van der Waals surface area contributed by atoms with Crippen molar-refractivity contribution in [2.75, 3.05) is 0 Å². The third-order valence-electron chi connectivity index (χ3n) is 2.79. The van der Waals surface area contributed by atoms with Crippen LogP contribution < -0.4 is 0 Å². The van der Waals surface area contributed by atoms with Gasteiger partial charge in [-0.25, -0.2) is 4.68 Å². The Kier molecular flexibility index (Phi) is 3.02. The number of fused-ring (bicyclic) bond motifs is 1. The standard InChI is InChI=1S/C14H13N3S/c1-11-6-8-12(9-7-11)18-10-17-14-5-3-2-4-13(14)15-16-17/h2-9H,10H2,1H3. The van der Waals surface area contributed by atoms with Crippen molar-refractivity contribution < 1.29 is 0 Å². The van der Waals surface area contributed by atoms with Crippen LogP contribution in [0.5, 0.6) is 0 Å². The zero-order valence-corrected chi connectivity index (χ0v) is 10.9. The molecule has 1 aromatic heterocycles. The Bertz CT molecular complexity index is 658. The molecule has 0 saturated carbocycles. The molecule has 0 saturated heterocycles. The fourth-order valence-electron chi connectivity index (χ4n) is 1.78. The third kappa shape index (κ3) is 2.24. The Morgan fingerprint density at radius 3 is 2.67 bits per heavy atom. The van der Waals surface area contributed by atoms with Crippen LogP contribution in [-0.4, -0.2) is 15.0 Å². The van der Waals surface area contributed by atoms with Crippen LogP contribution in [0.3, 0.4) is 0 Å². The van der Waals surface area contributed by atoms with Gasteiger partial charge in [0.2, 0.25) is 0 Å². The maximum Gasteiger partial charge on any atom is 0.113 e. The number of para-hydroxylation sites is 1. The van der Waals surface area contributed by atoms with E-state index in [4.69, 9.17) is 0 Å². The van der Waals surface area contributed by atoms with Gasteiger partial charge in [-0.3, -0.25) is 0 Å². The summed E-state index contributed by atoms with van der Waals surface area (Å²) < 4.78 is 1.93. The van der Waals surface area contributed by atoms with E-state index in [9.17, 15) is 0 Å². The highest BCUT2D eigenvalue weighted by Gasteiger charge is 2.03. The lowest BCUT2D eigenvalue weighted by atomic mass is 10.2. The summed E-state index contributed by atoms with van der Waals surface area (Å²) in [7, 11) is 0. The molecule has 3 rings (SSSR count). The molecule has 0 aliphatic carbocycles. The zero-order valence-electron chi connectivity index (χ0n) is 10.1. The van der Waals surface area contributed by atoms with E-state index >= 15 is 0 Å². The van der Waals surface area contributed by atoms with Gasteiger partial charge in [-0.2, -0.15) is 0 Å². The maximum absolute atomic E-state index is 4.17. The third-order valence-corrected chi connectivity index (χ3v) is 3.77. The van der Waals surface area contributed by atoms with E-state index in [0.29, 0.717) is 0 Å². The summed E-state index contributed by atoms with van der Waals surface area (Å²) in [5.74, 6) is 0.781. The molecule has 90 valence electrons. The molecule has 0 N–H and O–H groups in total. The van der Waals surface area contributed by atoms with Gasteiger partial charge in [0.25, 0.3) is 0 Å². The van der Waals surface area contributed by atoms with Crippen molar-refractivity contribution in [3.63, 3.8) is 0 Å². The number of aryl methyl sites for hydroxylation is 1. The van der Waals surface area contributed by atoms with Crippen molar-refractivity contribution in [3.8, 4) is 0 Å². The summed E-state index contributed by atoms with van der Waals surface area (Å²) >= 11 is 1.76. The van der Waals surface area contributed by atoms with Crippen molar-refractivity contribution >= 4 is 22.8 Å². The van der Waals surface area contributed by atoms with Crippen LogP contribution in [0.25, 0.3) is 11.0 Å². The highest BCUT2D eigenvalue weighted by molar-refractivity contribution is 7.98. The number of rotatable bonds is 3. The molecular weight excluding hydrogens is 242 g/mol. The van der Waals surface area contributed by atoms with Crippen LogP contribution in [-0.2, 0) is 5.88 Å². The van der Waals surface area contributed by atoms with Gasteiger partial charge in [-0.1, -0.05) is 35.0 Å². The smallest absolute Gasteiger partial charge is 0.113 e. The van der Waals surface area contributed by atoms with Gasteiger partial charge >= 0.3 is 0 Å². The Balaban J connectivity index is 1.79. The average molecular weight is 255 g/mol. The van der Waals surface area contributed by atoms with Crippen molar-refractivity contribution in [3.05, 3.63) is 54.1 Å². The molecule has 0 atom stereocenters. The molecule has 2 aromatic carbocycles. The normalized spacial score (nSPS) is 10.9. The molecular formula is C14H13N3S. The maximum atomic E-state index is 4.17. The van der Waals surface area contributed by atoms with Crippen LogP contribution >= 0.6 is 11.8 Å². The fourth-order valence-corrected chi connectivity index (χ4v) is 2.57. The molecule has 0 fully saturated rings. The van der Waals surface area contributed by atoms with Crippen molar-refractivity contribution in [2.45, 2.75) is 17.7 Å². The first-order valence-electron chi connectivity index (χ1n) is 5.80. The Labute approximate surface area is 110 Å². The summed E-state index contributed by atoms with van der Waals surface area (Å²) in [5.41, 5.74) is 3.31. The second-order valence-electron chi connectivity index (χ2n) is 4.16. The predicted molar refractivity (Wildman–Crippen MR) is 74.6 cm³/mol. The molecule has 3 nitrogen and oxygen atoms in total. The Morgan fingerprint density at radius 1 is 1.06 bits per heavy atom. The average Bonchev–Trinajstić information content (AvgIpc) is 2.82. The number of nitrogens with zero attached hydrogens (tertiary/aromatic N) is 3. The molecule has 0 aliphatic rings. The van der Waals surface area contributed by atoms with Gasteiger partial charge in [0.05, 0.1) is 11.4 Å². The predicted octanol–water partition coefficient (Wildman–Crippen LogP) is 3.49. The van der Waals surface area contributed by atoms with E-state index < -0.39 is 0 Å². The van der Waals surface area contributed by atoms with Gasteiger partial charge in [0.15, 0.2) is 0 Å². The van der Waals surface area contributed by atoms with Crippen molar-refractivity contribution in [1.29, 1.82) is 0 Å². The summed E-state index contributed by atoms with van der Waals surface area (Å²) in [4.78, 5) is 1.25. The summed E-state index contributed by atoms with van der Waals surface area (Å²) in [6.07, 6.45) is 0. The largest absolute Gasteiger partial charge is 0.234 e. The summed E-state index contributed by atoms with van der Waals surface area (Å²) in [6, 6.07) is 16.6. The van der Waals surface area contributed by atoms with E-state index in [1.54, 1.807) is 11.8 Å². The van der Waals surface area contributed by atoms with Crippen molar-refractivity contribution in [2.24, 2.45) is 0 Å². The Hall–Kier alpha value is -1.81. The lowest BCUT2D eigenvalue weighted by molar-refractivity contribution is 0.723. The van der Waals surface area contributed by atoms with Gasteiger partial charge in [0, 0.05) is 4.90 Å². The fraction of sp³-hybridized carbons (Fsp3) is 0.143. The van der Waals surface area contributed by atoms with Crippen LogP contribution in [0, 0.1) is 6.92 Å². The van der Waals surface area contributed by atoms with Crippen LogP contribution in [0.2, 0.25) is 0 Å². The number of benzene rings is 2. The Morgan fingerprint density at radius 2 is 1.83 bits per heavy atom. The topological polar surface area (TPSA) is 30.7 Å². The first kappa shape index (κ1) is 11.3. The van der Waals surface area contributed by atoms with Crippen LogP contribution in [0.4, 0.5) is 0 Å². The van der Waals surface area contributed by atoms with Gasteiger partial charge < -0.3 is 0 Å². The number of hydrogen-bond donors (Lipinski definition) is 0. The van der Waals surface area contributed by atoms with E-state index in [1.165, 1.54) is 10.5 Å². The second kappa shape index (κ2) is 4.82. The van der Waals surface area contributed by atoms with Crippen LogP contribution in [0.1, 0.15) is 5.56 Å². The molecule has 3 aromatic rings. The van der Waals surface area contributed by atoms with Gasteiger partial charge in [-0.05, 0) is 31.2 Å². The van der Waals surface area contributed by atoms with E-state index in [0.717, 1.165) is 16.9 Å². The molecule has 0 spiro atoms. The molecule has 0 aliphatic heterocycles. The lowest BCUT2D eigenvalue weighted by Crippen LogP contribution is -1.96. The molecule has 18 heavy (non-hydrogen) atoms. The molecule has 0 bridgehead atoms. The number of aromatic nitrogens is 3. The molecule has 0 unspecified atom stereocenters. The molecule has 0 radical (unpaired) electrons. The second-order valence-corrected chi connectivity index (χ2v) is 5.18. The highest BCUT2D eigenvalue weighted by atomic mass is 32.2. The number of hydrogen-bond acceptors (Lipinski definition) is 3. The SMILES string of the molecule is Cc1ccc(SCn2nnc3ccccc32)cc1. The van der Waals surface area contributed by atoms with Crippen molar-refractivity contribution in [1.82, 2.24) is 15.0 Å². The monoisotopic (exact) mass is 255 g/mol. The van der Waals surface area contributed by atoms with E-state index in [-0.39, 0.29) is 0 Å². The minimum Gasteiger partial charge on any atom is -0.234 e. The minimum absolute atomic E-state index is 0.781. The van der Waals surface area contributed by atoms with E-state index in [1.807, 2.05) is 28.9 Å². The first-order chi connectivity index (χ1) is 8.83. The number of thioether (sulfide) groups is 1. The van der Waals surface area contributed by atoms with E-state index in [2.05, 4.69) is 41.5 Å². The minimum atomic E-state index is 0.781. The summed E-state index contributed by atoms with van der Waals surface area (Å²) in [6.45, 7) is 2.10. The molecule has 0 amide bonds. The van der Waals surface area contributed by atoms with Gasteiger partial charge in [-0.15, -0.1) is 16.9 Å². The zero-order chi connectivity index (χ0) is 12.4.